The number of morpholine rings is 1. The second-order valence-corrected chi connectivity index (χ2v) is 4.70. The maximum absolute atomic E-state index is 5.66. The molecule has 0 bridgehead atoms. The molecular weight excluding hydrogens is 385 g/mol. The quantitative estimate of drug-likeness (QED) is 0.456. The number of rotatable bonds is 5. The summed E-state index contributed by atoms with van der Waals surface area (Å²) in [6.07, 6.45) is 3.49. The minimum Gasteiger partial charge on any atom is -0.472 e. The Morgan fingerprint density at radius 3 is 3.10 bits per heavy atom. The predicted molar refractivity (Wildman–Crippen MR) is 92.1 cm³/mol. The summed E-state index contributed by atoms with van der Waals surface area (Å²) in [6, 6.07) is 1.93. The molecule has 1 aliphatic rings. The highest BCUT2D eigenvalue weighted by atomic mass is 127. The van der Waals surface area contributed by atoms with Crippen molar-refractivity contribution in [2.75, 3.05) is 40.0 Å². The molecule has 120 valence electrons. The van der Waals surface area contributed by atoms with Crippen LogP contribution >= 0.6 is 24.0 Å². The number of nitrogens with zero attached hydrogens (tertiary/aromatic N) is 2. The van der Waals surface area contributed by atoms with E-state index in [0.29, 0.717) is 19.8 Å². The fraction of sp³-hybridized carbons (Fsp3) is 0.643. The summed E-state index contributed by atoms with van der Waals surface area (Å²) in [4.78, 5) is 6.87. The third-order valence-electron chi connectivity index (χ3n) is 3.12. The van der Waals surface area contributed by atoms with Crippen LogP contribution in [0.25, 0.3) is 0 Å². The van der Waals surface area contributed by atoms with Crippen LogP contribution in [-0.4, -0.2) is 56.9 Å². The molecule has 2 heterocycles. The molecule has 1 aromatic heterocycles. The molecule has 21 heavy (non-hydrogen) atoms. The SMILES string of the molecule is CCNC(=NCc1ccoc1)N1CCOC(COC)C1.I. The Bertz CT molecular complexity index is 410. The molecule has 1 atom stereocenters. The fourth-order valence-corrected chi connectivity index (χ4v) is 2.17. The number of ether oxygens (including phenoxy) is 2. The molecule has 1 aromatic rings. The largest absolute Gasteiger partial charge is 0.472 e. The Hall–Kier alpha value is -0.800. The zero-order chi connectivity index (χ0) is 14.2. The fourth-order valence-electron chi connectivity index (χ4n) is 2.17. The number of hydrogen-bond acceptors (Lipinski definition) is 4. The topological polar surface area (TPSA) is 59.2 Å². The summed E-state index contributed by atoms with van der Waals surface area (Å²) >= 11 is 0. The molecule has 0 amide bonds. The predicted octanol–water partition coefficient (Wildman–Crippen LogP) is 1.71. The molecule has 0 saturated carbocycles. The zero-order valence-corrected chi connectivity index (χ0v) is 14.9. The monoisotopic (exact) mass is 409 g/mol. The van der Waals surface area contributed by atoms with Gasteiger partial charge in [-0.25, -0.2) is 4.99 Å². The molecular formula is C14H24IN3O3. The number of methoxy groups -OCH3 is 1. The van der Waals surface area contributed by atoms with Gasteiger partial charge in [0.15, 0.2) is 5.96 Å². The van der Waals surface area contributed by atoms with E-state index in [9.17, 15) is 0 Å². The van der Waals surface area contributed by atoms with Crippen LogP contribution in [0.3, 0.4) is 0 Å². The number of furan rings is 1. The molecule has 6 nitrogen and oxygen atoms in total. The van der Waals surface area contributed by atoms with Crippen LogP contribution in [0.2, 0.25) is 0 Å². The molecule has 0 aliphatic carbocycles. The average molecular weight is 409 g/mol. The van der Waals surface area contributed by atoms with Crippen molar-refractivity contribution < 1.29 is 13.9 Å². The highest BCUT2D eigenvalue weighted by molar-refractivity contribution is 14.0. The average Bonchev–Trinajstić information content (AvgIpc) is 2.97. The lowest BCUT2D eigenvalue weighted by Crippen LogP contribution is -2.51. The summed E-state index contributed by atoms with van der Waals surface area (Å²) in [5, 5.41) is 3.33. The van der Waals surface area contributed by atoms with E-state index in [4.69, 9.17) is 13.9 Å². The second kappa shape index (κ2) is 10.0. The first-order valence-corrected chi connectivity index (χ1v) is 6.98. The maximum atomic E-state index is 5.66. The molecule has 1 unspecified atom stereocenters. The van der Waals surface area contributed by atoms with Gasteiger partial charge in [-0.3, -0.25) is 0 Å². The molecule has 0 radical (unpaired) electrons. The highest BCUT2D eigenvalue weighted by Gasteiger charge is 2.22. The van der Waals surface area contributed by atoms with Gasteiger partial charge in [0.2, 0.25) is 0 Å². The smallest absolute Gasteiger partial charge is 0.194 e. The summed E-state index contributed by atoms with van der Waals surface area (Å²) in [7, 11) is 1.69. The number of aliphatic imine (C=N–C) groups is 1. The van der Waals surface area contributed by atoms with E-state index in [1.54, 1.807) is 19.6 Å². The van der Waals surface area contributed by atoms with Crippen molar-refractivity contribution in [3.05, 3.63) is 24.2 Å². The van der Waals surface area contributed by atoms with Crippen LogP contribution in [0.15, 0.2) is 28.0 Å². The lowest BCUT2D eigenvalue weighted by atomic mass is 10.3. The molecule has 0 spiro atoms. The lowest BCUT2D eigenvalue weighted by molar-refractivity contribution is -0.0447. The van der Waals surface area contributed by atoms with E-state index in [1.807, 2.05) is 6.07 Å². The first-order valence-electron chi connectivity index (χ1n) is 6.98. The number of guanidine groups is 1. The normalized spacial score (nSPS) is 19.2. The van der Waals surface area contributed by atoms with E-state index in [2.05, 4.69) is 22.1 Å². The molecule has 7 heteroatoms. The Kier molecular flexibility index (Phi) is 8.70. The van der Waals surface area contributed by atoms with Crippen LogP contribution in [0, 0.1) is 0 Å². The van der Waals surface area contributed by atoms with Crippen molar-refractivity contribution in [2.24, 2.45) is 4.99 Å². The first kappa shape index (κ1) is 18.2. The van der Waals surface area contributed by atoms with Crippen molar-refractivity contribution in [2.45, 2.75) is 19.6 Å². The van der Waals surface area contributed by atoms with Crippen molar-refractivity contribution in [1.82, 2.24) is 10.2 Å². The number of hydrogen-bond donors (Lipinski definition) is 1. The van der Waals surface area contributed by atoms with E-state index in [-0.39, 0.29) is 30.1 Å². The number of halogens is 1. The number of nitrogens with one attached hydrogen (secondary N) is 1. The Morgan fingerprint density at radius 2 is 2.43 bits per heavy atom. The van der Waals surface area contributed by atoms with Gasteiger partial charge in [-0.05, 0) is 13.0 Å². The lowest BCUT2D eigenvalue weighted by Gasteiger charge is -2.34. The van der Waals surface area contributed by atoms with Gasteiger partial charge < -0.3 is 24.1 Å². The van der Waals surface area contributed by atoms with Gasteiger partial charge in [0.05, 0.1) is 38.4 Å². The van der Waals surface area contributed by atoms with Crippen LogP contribution in [0.1, 0.15) is 12.5 Å². The third kappa shape index (κ3) is 5.84. The molecule has 2 rings (SSSR count). The van der Waals surface area contributed by atoms with Crippen LogP contribution in [-0.2, 0) is 16.0 Å². The van der Waals surface area contributed by atoms with Crippen LogP contribution in [0.4, 0.5) is 0 Å². The standard InChI is InChI=1S/C14H23N3O3.HI/c1-3-15-14(16-8-12-4-6-19-10-12)17-5-7-20-13(9-17)11-18-2;/h4,6,10,13H,3,5,7-9,11H2,1-2H3,(H,15,16);1H. The summed E-state index contributed by atoms with van der Waals surface area (Å²) in [5.74, 6) is 0.915. The van der Waals surface area contributed by atoms with E-state index in [1.165, 1.54) is 0 Å². The first-order chi connectivity index (χ1) is 9.83. The van der Waals surface area contributed by atoms with Crippen LogP contribution < -0.4 is 5.32 Å². The van der Waals surface area contributed by atoms with Crippen molar-refractivity contribution in [3.8, 4) is 0 Å². The van der Waals surface area contributed by atoms with E-state index in [0.717, 1.165) is 31.2 Å². The van der Waals surface area contributed by atoms with Gasteiger partial charge in [-0.1, -0.05) is 0 Å². The summed E-state index contributed by atoms with van der Waals surface area (Å²) in [6.45, 7) is 6.48. The zero-order valence-electron chi connectivity index (χ0n) is 12.6. The summed E-state index contributed by atoms with van der Waals surface area (Å²) < 4.78 is 15.9. The van der Waals surface area contributed by atoms with E-state index < -0.39 is 0 Å². The minimum atomic E-state index is 0. The Morgan fingerprint density at radius 1 is 1.57 bits per heavy atom. The van der Waals surface area contributed by atoms with Gasteiger partial charge in [0.25, 0.3) is 0 Å². The van der Waals surface area contributed by atoms with Gasteiger partial charge in [0, 0.05) is 32.3 Å². The minimum absolute atomic E-state index is 0. The maximum Gasteiger partial charge on any atom is 0.194 e. The highest BCUT2D eigenvalue weighted by Crippen LogP contribution is 2.08. The van der Waals surface area contributed by atoms with Gasteiger partial charge in [-0.15, -0.1) is 24.0 Å². The molecule has 1 saturated heterocycles. The summed E-state index contributed by atoms with van der Waals surface area (Å²) in [5.41, 5.74) is 1.07. The van der Waals surface area contributed by atoms with E-state index >= 15 is 0 Å². The molecule has 1 fully saturated rings. The second-order valence-electron chi connectivity index (χ2n) is 4.70. The Labute approximate surface area is 142 Å². The molecule has 1 aliphatic heterocycles. The van der Waals surface area contributed by atoms with Crippen molar-refractivity contribution in [1.29, 1.82) is 0 Å². The van der Waals surface area contributed by atoms with Gasteiger partial charge in [-0.2, -0.15) is 0 Å². The van der Waals surface area contributed by atoms with Crippen LogP contribution in [0.5, 0.6) is 0 Å². The molecule has 0 aromatic carbocycles. The van der Waals surface area contributed by atoms with Crippen molar-refractivity contribution >= 4 is 29.9 Å². The van der Waals surface area contributed by atoms with Crippen molar-refractivity contribution in [3.63, 3.8) is 0 Å². The third-order valence-corrected chi connectivity index (χ3v) is 3.12. The van der Waals surface area contributed by atoms with Gasteiger partial charge in [0.1, 0.15) is 0 Å². The molecule has 1 N–H and O–H groups in total. The van der Waals surface area contributed by atoms with Gasteiger partial charge >= 0.3 is 0 Å². The Balaban J connectivity index is 0.00000220.